The molecule has 0 nitrogen and oxygen atoms in total. The van der Waals surface area contributed by atoms with Crippen LogP contribution in [0.1, 0.15) is 70.6 Å². The van der Waals surface area contributed by atoms with Crippen LogP contribution in [0.3, 0.4) is 0 Å². The molecule has 0 aliphatic heterocycles. The Labute approximate surface area is 142 Å². The van der Waals surface area contributed by atoms with E-state index in [0.717, 1.165) is 0 Å². The van der Waals surface area contributed by atoms with Crippen molar-refractivity contribution in [3.63, 3.8) is 0 Å². The van der Waals surface area contributed by atoms with Crippen molar-refractivity contribution in [2.45, 2.75) is 70.6 Å². The van der Waals surface area contributed by atoms with Crippen molar-refractivity contribution in [3.8, 4) is 0 Å². The van der Waals surface area contributed by atoms with E-state index >= 15 is 0 Å². The Morgan fingerprint density at radius 3 is 1.61 bits per heavy atom. The van der Waals surface area contributed by atoms with Gasteiger partial charge in [-0.15, -0.1) is 0 Å². The lowest BCUT2D eigenvalue weighted by Gasteiger charge is -2.37. The smallest absolute Gasteiger partial charge is 0.0321 e. The number of hydrogen-bond donors (Lipinski definition) is 0. The van der Waals surface area contributed by atoms with Crippen LogP contribution in [0.5, 0.6) is 0 Å². The van der Waals surface area contributed by atoms with Gasteiger partial charge in [-0.05, 0) is 142 Å². The summed E-state index contributed by atoms with van der Waals surface area (Å²) in [6.07, 6.45) is 18.1. The zero-order chi connectivity index (χ0) is 14.7. The lowest BCUT2D eigenvalue weighted by atomic mass is 9.68. The molecule has 0 saturated heterocycles. The Balaban J connectivity index is 1.17. The van der Waals surface area contributed by atoms with Gasteiger partial charge in [-0.1, -0.05) is 0 Å². The van der Waals surface area contributed by atoms with Gasteiger partial charge in [0, 0.05) is 0 Å². The van der Waals surface area contributed by atoms with Gasteiger partial charge in [0.2, 0.25) is 0 Å². The highest BCUT2D eigenvalue weighted by Crippen LogP contribution is 2.70. The molecule has 7 aliphatic carbocycles. The van der Waals surface area contributed by atoms with E-state index in [-0.39, 0.29) is 0 Å². The zero-order valence-electron chi connectivity index (χ0n) is 14.7. The van der Waals surface area contributed by atoms with E-state index in [9.17, 15) is 0 Å². The van der Waals surface area contributed by atoms with Crippen LogP contribution >= 0.6 is 0 Å². The molecule has 7 fully saturated rings. The first-order valence-corrected chi connectivity index (χ1v) is 11.4. The molecule has 7 aliphatic rings. The van der Waals surface area contributed by atoms with Gasteiger partial charge in [0.25, 0.3) is 0 Å². The molecule has 7 saturated carbocycles. The third-order valence-electron chi connectivity index (χ3n) is 11.1. The Hall–Kier alpha value is 0. The van der Waals surface area contributed by atoms with Crippen molar-refractivity contribution >= 4 is 0 Å². The molecule has 11 atom stereocenters. The molecule has 0 aromatic heterocycles. The van der Waals surface area contributed by atoms with E-state index in [1.54, 1.807) is 70.6 Å². The van der Waals surface area contributed by atoms with Crippen molar-refractivity contribution in [3.05, 3.63) is 0 Å². The minimum atomic E-state index is 1.18. The number of hydrogen-bond acceptors (Lipinski definition) is 0. The summed E-state index contributed by atoms with van der Waals surface area (Å²) in [5.74, 6) is 14.4. The quantitative estimate of drug-likeness (QED) is 0.540. The normalized spacial score (nSPS) is 67.8. The molecule has 7 rings (SSSR count). The third-order valence-corrected chi connectivity index (χ3v) is 11.1. The van der Waals surface area contributed by atoms with Gasteiger partial charge in [0.1, 0.15) is 0 Å². The monoisotopic (exact) mass is 310 g/mol. The maximum absolute atomic E-state index is 1.69. The highest BCUT2D eigenvalue weighted by molar-refractivity contribution is 5.11. The van der Waals surface area contributed by atoms with E-state index in [1.807, 2.05) is 0 Å². The van der Waals surface area contributed by atoms with Crippen LogP contribution in [-0.4, -0.2) is 0 Å². The fourth-order valence-corrected chi connectivity index (χ4v) is 10.8. The summed E-state index contributed by atoms with van der Waals surface area (Å²) in [6.45, 7) is 0. The Kier molecular flexibility index (Phi) is 2.53. The second kappa shape index (κ2) is 4.39. The molecular formula is C23H34. The highest BCUT2D eigenvalue weighted by atomic mass is 14.7. The first-order chi connectivity index (χ1) is 11.4. The Bertz CT molecular complexity index is 504. The van der Waals surface area contributed by atoms with E-state index in [2.05, 4.69) is 0 Å². The molecule has 0 spiro atoms. The molecule has 0 heteroatoms. The van der Waals surface area contributed by atoms with Crippen molar-refractivity contribution in [1.29, 1.82) is 0 Å². The second-order valence-electron chi connectivity index (χ2n) is 11.3. The van der Waals surface area contributed by atoms with Gasteiger partial charge < -0.3 is 0 Å². The summed E-state index contributed by atoms with van der Waals surface area (Å²) in [6, 6.07) is 0. The molecule has 6 bridgehead atoms. The molecule has 11 unspecified atom stereocenters. The van der Waals surface area contributed by atoms with Gasteiger partial charge >= 0.3 is 0 Å². The maximum Gasteiger partial charge on any atom is -0.0321 e. The number of rotatable bonds is 1. The minimum absolute atomic E-state index is 1.18. The van der Waals surface area contributed by atoms with Crippen LogP contribution in [-0.2, 0) is 0 Å². The van der Waals surface area contributed by atoms with Crippen molar-refractivity contribution < 1.29 is 0 Å². The van der Waals surface area contributed by atoms with E-state index in [4.69, 9.17) is 0 Å². The third kappa shape index (κ3) is 1.56. The Morgan fingerprint density at radius 1 is 0.304 bits per heavy atom. The standard InChI is InChI=1S/C23H34/c1-2-13-7-12(1)19-10-17(11-20(13)19)18-6-5-16-9-21(18)23-15-4-3-14(8-15)22(16)23/h12-23H,1-11H2. The molecular weight excluding hydrogens is 276 g/mol. The van der Waals surface area contributed by atoms with Crippen LogP contribution in [0.4, 0.5) is 0 Å². The summed E-state index contributed by atoms with van der Waals surface area (Å²) < 4.78 is 0. The largest absolute Gasteiger partial charge is 0.0499 e. The summed E-state index contributed by atoms with van der Waals surface area (Å²) in [5.41, 5.74) is 0. The van der Waals surface area contributed by atoms with Gasteiger partial charge in [-0.25, -0.2) is 0 Å². The molecule has 0 amide bonds. The first-order valence-electron chi connectivity index (χ1n) is 11.4. The summed E-state index contributed by atoms with van der Waals surface area (Å²) in [7, 11) is 0. The van der Waals surface area contributed by atoms with Crippen LogP contribution in [0, 0.1) is 71.0 Å². The summed E-state index contributed by atoms with van der Waals surface area (Å²) in [4.78, 5) is 0. The number of fused-ring (bicyclic) bond motifs is 14. The summed E-state index contributed by atoms with van der Waals surface area (Å²) in [5, 5.41) is 0. The maximum atomic E-state index is 1.69. The SMILES string of the molecule is C1CC2CC1C1CC(C3CCC4CC3C3C5CCC(C5)C43)CC21. The average Bonchev–Trinajstić information content (AvgIpc) is 3.38. The fraction of sp³-hybridized carbons (Fsp3) is 1.00. The van der Waals surface area contributed by atoms with Crippen molar-refractivity contribution in [2.24, 2.45) is 71.0 Å². The highest BCUT2D eigenvalue weighted by Gasteiger charge is 2.62. The van der Waals surface area contributed by atoms with E-state index < -0.39 is 0 Å². The predicted molar refractivity (Wildman–Crippen MR) is 92.7 cm³/mol. The zero-order valence-corrected chi connectivity index (χ0v) is 14.7. The van der Waals surface area contributed by atoms with Crippen LogP contribution in [0.2, 0.25) is 0 Å². The molecule has 0 radical (unpaired) electrons. The molecule has 0 heterocycles. The van der Waals surface area contributed by atoms with E-state index in [0.29, 0.717) is 0 Å². The van der Waals surface area contributed by atoms with Crippen molar-refractivity contribution in [2.75, 3.05) is 0 Å². The molecule has 0 N–H and O–H groups in total. The van der Waals surface area contributed by atoms with Gasteiger partial charge in [-0.3, -0.25) is 0 Å². The van der Waals surface area contributed by atoms with Crippen LogP contribution in [0.15, 0.2) is 0 Å². The average molecular weight is 311 g/mol. The lowest BCUT2D eigenvalue weighted by molar-refractivity contribution is 0.115. The fourth-order valence-electron chi connectivity index (χ4n) is 10.8. The molecule has 126 valence electrons. The predicted octanol–water partition coefficient (Wildman–Crippen LogP) is 5.77. The topological polar surface area (TPSA) is 0 Å². The van der Waals surface area contributed by atoms with Crippen LogP contribution in [0.25, 0.3) is 0 Å². The summed E-state index contributed by atoms with van der Waals surface area (Å²) >= 11 is 0. The van der Waals surface area contributed by atoms with Gasteiger partial charge in [-0.2, -0.15) is 0 Å². The molecule has 0 aromatic carbocycles. The van der Waals surface area contributed by atoms with Gasteiger partial charge in [0.05, 0.1) is 0 Å². The molecule has 23 heavy (non-hydrogen) atoms. The second-order valence-corrected chi connectivity index (χ2v) is 11.3. The lowest BCUT2D eigenvalue weighted by Crippen LogP contribution is -2.30. The molecule has 0 aromatic rings. The minimum Gasteiger partial charge on any atom is -0.0499 e. The first kappa shape index (κ1) is 13.2. The van der Waals surface area contributed by atoms with Crippen LogP contribution < -0.4 is 0 Å². The van der Waals surface area contributed by atoms with Gasteiger partial charge in [0.15, 0.2) is 0 Å². The van der Waals surface area contributed by atoms with E-state index in [1.165, 1.54) is 71.0 Å². The Morgan fingerprint density at radius 2 is 0.826 bits per heavy atom. The van der Waals surface area contributed by atoms with Crippen molar-refractivity contribution in [1.82, 2.24) is 0 Å².